The van der Waals surface area contributed by atoms with Gasteiger partial charge in [0.2, 0.25) is 5.91 Å². The highest BCUT2D eigenvalue weighted by atomic mass is 16.5. The second-order valence-electron chi connectivity index (χ2n) is 7.68. The second kappa shape index (κ2) is 5.35. The second-order valence-corrected chi connectivity index (χ2v) is 7.68. The van der Waals surface area contributed by atoms with Gasteiger partial charge in [0, 0.05) is 41.5 Å². The number of nitrogens with zero attached hydrogens (tertiary/aromatic N) is 1. The summed E-state index contributed by atoms with van der Waals surface area (Å²) in [5.74, 6) is 0.173. The minimum absolute atomic E-state index is 0.155. The standard InChI is InChI=1S/C20H22N2O3/c1-25-20(24)13-7-15-14-3-2-4-16-18(14)12(9-21-16)8-17(15)22(10-13)19(23)11-5-6-11/h2-4,9,11,13,15,17,21H,5-8,10H2,1H3/t13-,15?,17-/m1/s1. The fourth-order valence-corrected chi connectivity index (χ4v) is 4.85. The molecule has 1 saturated heterocycles. The van der Waals surface area contributed by atoms with Gasteiger partial charge in [-0.15, -0.1) is 0 Å². The van der Waals surface area contributed by atoms with Crippen molar-refractivity contribution in [1.82, 2.24) is 9.88 Å². The van der Waals surface area contributed by atoms with Gasteiger partial charge in [0.05, 0.1) is 13.0 Å². The molecule has 3 aliphatic rings. The molecule has 1 aromatic carbocycles. The van der Waals surface area contributed by atoms with Crippen LogP contribution in [0, 0.1) is 11.8 Å². The lowest BCUT2D eigenvalue weighted by Gasteiger charge is -2.46. The first-order valence-electron chi connectivity index (χ1n) is 9.14. The first kappa shape index (κ1) is 15.0. The summed E-state index contributed by atoms with van der Waals surface area (Å²) in [6.07, 6.45) is 5.68. The van der Waals surface area contributed by atoms with E-state index in [1.54, 1.807) is 0 Å². The number of rotatable bonds is 2. The van der Waals surface area contributed by atoms with Gasteiger partial charge >= 0.3 is 5.97 Å². The summed E-state index contributed by atoms with van der Waals surface area (Å²) in [7, 11) is 1.44. The summed E-state index contributed by atoms with van der Waals surface area (Å²) in [6, 6.07) is 6.48. The van der Waals surface area contributed by atoms with Crippen molar-refractivity contribution in [2.75, 3.05) is 13.7 Å². The number of fused-ring (bicyclic) bond motifs is 2. The highest BCUT2D eigenvalue weighted by molar-refractivity contribution is 5.89. The number of esters is 1. The number of carbonyl (C=O) groups excluding carboxylic acids is 2. The maximum absolute atomic E-state index is 12.9. The molecule has 1 N–H and O–H groups in total. The Kier molecular flexibility index (Phi) is 3.21. The van der Waals surface area contributed by atoms with Gasteiger partial charge in [-0.1, -0.05) is 12.1 Å². The fourth-order valence-electron chi connectivity index (χ4n) is 4.85. The van der Waals surface area contributed by atoms with Crippen molar-refractivity contribution >= 4 is 22.8 Å². The minimum Gasteiger partial charge on any atom is -0.469 e. The van der Waals surface area contributed by atoms with Gasteiger partial charge in [-0.05, 0) is 42.9 Å². The normalized spacial score (nSPS) is 27.9. The first-order valence-corrected chi connectivity index (χ1v) is 9.14. The van der Waals surface area contributed by atoms with Crippen LogP contribution < -0.4 is 0 Å². The molecule has 2 fully saturated rings. The molecular formula is C20H22N2O3. The number of H-pyrrole nitrogens is 1. The number of hydrogen-bond donors (Lipinski definition) is 1. The third kappa shape index (κ3) is 2.21. The number of benzene rings is 1. The molecule has 25 heavy (non-hydrogen) atoms. The number of amides is 1. The van der Waals surface area contributed by atoms with E-state index in [2.05, 4.69) is 29.4 Å². The maximum atomic E-state index is 12.9. The van der Waals surface area contributed by atoms with Crippen LogP contribution in [0.3, 0.4) is 0 Å². The lowest BCUT2D eigenvalue weighted by Crippen LogP contribution is -2.54. The zero-order valence-electron chi connectivity index (χ0n) is 14.3. The first-order chi connectivity index (χ1) is 12.2. The van der Waals surface area contributed by atoms with E-state index in [-0.39, 0.29) is 35.7 Å². The smallest absolute Gasteiger partial charge is 0.310 e. The van der Waals surface area contributed by atoms with Crippen molar-refractivity contribution in [1.29, 1.82) is 0 Å². The molecule has 0 radical (unpaired) electrons. The molecule has 5 nitrogen and oxygen atoms in total. The van der Waals surface area contributed by atoms with E-state index in [1.165, 1.54) is 23.6 Å². The molecule has 130 valence electrons. The number of piperidine rings is 1. The molecule has 0 spiro atoms. The van der Waals surface area contributed by atoms with Crippen LogP contribution in [0.1, 0.15) is 36.3 Å². The zero-order valence-corrected chi connectivity index (χ0v) is 14.3. The van der Waals surface area contributed by atoms with Gasteiger partial charge in [-0.3, -0.25) is 9.59 Å². The summed E-state index contributed by atoms with van der Waals surface area (Å²) in [5, 5.41) is 1.29. The topological polar surface area (TPSA) is 62.4 Å². The third-order valence-electron chi connectivity index (χ3n) is 6.21. The van der Waals surface area contributed by atoms with Crippen LogP contribution in [0.4, 0.5) is 0 Å². The number of hydrogen-bond acceptors (Lipinski definition) is 3. The van der Waals surface area contributed by atoms with E-state index < -0.39 is 0 Å². The molecule has 1 aromatic heterocycles. The molecule has 1 amide bonds. The summed E-state index contributed by atoms with van der Waals surface area (Å²) in [4.78, 5) is 30.6. The lowest BCUT2D eigenvalue weighted by molar-refractivity contribution is -0.151. The van der Waals surface area contributed by atoms with Crippen LogP contribution in [0.5, 0.6) is 0 Å². The van der Waals surface area contributed by atoms with Crippen LogP contribution in [-0.2, 0) is 20.7 Å². The van der Waals surface area contributed by atoms with Gasteiger partial charge in [-0.25, -0.2) is 0 Å². The average Bonchev–Trinajstić information content (AvgIpc) is 3.42. The Morgan fingerprint density at radius 3 is 2.84 bits per heavy atom. The van der Waals surface area contributed by atoms with E-state index in [4.69, 9.17) is 4.74 Å². The molecule has 5 heteroatoms. The molecule has 1 saturated carbocycles. The zero-order chi connectivity index (χ0) is 17.1. The third-order valence-corrected chi connectivity index (χ3v) is 6.21. The molecule has 3 atom stereocenters. The van der Waals surface area contributed by atoms with E-state index in [0.717, 1.165) is 31.2 Å². The highest BCUT2D eigenvalue weighted by Crippen LogP contribution is 2.46. The van der Waals surface area contributed by atoms with Crippen LogP contribution in [0.15, 0.2) is 24.4 Å². The molecule has 2 aliphatic carbocycles. The molecule has 1 aliphatic heterocycles. The average molecular weight is 338 g/mol. The molecule has 1 unspecified atom stereocenters. The number of ether oxygens (including phenoxy) is 1. The van der Waals surface area contributed by atoms with Crippen LogP contribution in [0.2, 0.25) is 0 Å². The molecular weight excluding hydrogens is 316 g/mol. The number of likely N-dealkylation sites (tertiary alicyclic amines) is 1. The largest absolute Gasteiger partial charge is 0.469 e. The van der Waals surface area contributed by atoms with E-state index in [0.29, 0.717) is 6.54 Å². The number of aromatic nitrogens is 1. The van der Waals surface area contributed by atoms with Crippen LogP contribution in [-0.4, -0.2) is 41.5 Å². The van der Waals surface area contributed by atoms with Crippen LogP contribution in [0.25, 0.3) is 10.9 Å². The Balaban J connectivity index is 1.59. The van der Waals surface area contributed by atoms with Gasteiger partial charge in [0.1, 0.15) is 0 Å². The van der Waals surface area contributed by atoms with E-state index in [1.807, 2.05) is 4.90 Å². The van der Waals surface area contributed by atoms with Crippen molar-refractivity contribution in [3.8, 4) is 0 Å². The number of nitrogens with one attached hydrogen (secondary N) is 1. The predicted molar refractivity (Wildman–Crippen MR) is 93.1 cm³/mol. The Hall–Kier alpha value is -2.30. The monoisotopic (exact) mass is 338 g/mol. The molecule has 2 heterocycles. The SMILES string of the molecule is COC(=O)[C@@H]1CC2c3cccc4[nH]cc(c34)C[C@H]2N(C(=O)C2CC2)C1. The van der Waals surface area contributed by atoms with Gasteiger partial charge in [0.15, 0.2) is 0 Å². The summed E-state index contributed by atoms with van der Waals surface area (Å²) >= 11 is 0. The van der Waals surface area contributed by atoms with Crippen molar-refractivity contribution in [3.05, 3.63) is 35.5 Å². The highest BCUT2D eigenvalue weighted by Gasteiger charge is 2.47. The summed E-state index contributed by atoms with van der Waals surface area (Å²) in [6.45, 7) is 0.499. The van der Waals surface area contributed by atoms with E-state index in [9.17, 15) is 9.59 Å². The number of aromatic amines is 1. The number of methoxy groups -OCH3 is 1. The summed E-state index contributed by atoms with van der Waals surface area (Å²) in [5.41, 5.74) is 3.70. The quantitative estimate of drug-likeness (QED) is 0.856. The summed E-state index contributed by atoms with van der Waals surface area (Å²) < 4.78 is 5.02. The van der Waals surface area contributed by atoms with Gasteiger partial charge in [-0.2, -0.15) is 0 Å². The Morgan fingerprint density at radius 2 is 2.08 bits per heavy atom. The van der Waals surface area contributed by atoms with Crippen molar-refractivity contribution in [2.24, 2.45) is 11.8 Å². The Labute approximate surface area is 146 Å². The van der Waals surface area contributed by atoms with Gasteiger partial charge in [0.25, 0.3) is 0 Å². The Bertz CT molecular complexity index is 867. The molecule has 5 rings (SSSR count). The van der Waals surface area contributed by atoms with Crippen molar-refractivity contribution < 1.29 is 14.3 Å². The van der Waals surface area contributed by atoms with Crippen molar-refractivity contribution in [3.63, 3.8) is 0 Å². The fraction of sp³-hybridized carbons (Fsp3) is 0.500. The van der Waals surface area contributed by atoms with Crippen LogP contribution >= 0.6 is 0 Å². The minimum atomic E-state index is -0.232. The van der Waals surface area contributed by atoms with E-state index >= 15 is 0 Å². The van der Waals surface area contributed by atoms with Gasteiger partial charge < -0.3 is 14.6 Å². The lowest BCUT2D eigenvalue weighted by atomic mass is 9.72. The van der Waals surface area contributed by atoms with Crippen molar-refractivity contribution in [2.45, 2.75) is 37.6 Å². The molecule has 2 aromatic rings. The molecule has 0 bridgehead atoms. The number of carbonyl (C=O) groups is 2. The Morgan fingerprint density at radius 1 is 1.24 bits per heavy atom. The predicted octanol–water partition coefficient (Wildman–Crippen LogP) is 2.61. The maximum Gasteiger partial charge on any atom is 0.310 e.